The summed E-state index contributed by atoms with van der Waals surface area (Å²) in [4.78, 5) is 134. The van der Waals surface area contributed by atoms with E-state index in [1.54, 1.807) is 6.26 Å². The molecule has 0 heterocycles. The van der Waals surface area contributed by atoms with Crippen molar-refractivity contribution in [1.29, 1.82) is 0 Å². The summed E-state index contributed by atoms with van der Waals surface area (Å²) in [5, 5.41) is 32.8. The fourth-order valence-electron chi connectivity index (χ4n) is 5.30. The predicted molar refractivity (Wildman–Crippen MR) is 221 cm³/mol. The van der Waals surface area contributed by atoms with E-state index in [0.717, 1.165) is 6.92 Å². The molecule has 344 valence electrons. The topological polar surface area (TPSA) is 464 Å². The van der Waals surface area contributed by atoms with Crippen LogP contribution in [0.1, 0.15) is 77.6 Å². The number of primary amides is 2. The molecule has 0 aromatic carbocycles. The highest BCUT2D eigenvalue weighted by Gasteiger charge is 2.33. The molecule has 6 atom stereocenters. The fraction of sp³-hybridized carbons (Fsp3) is 0.647. The molecule has 6 unspecified atom stereocenters. The van der Waals surface area contributed by atoms with Gasteiger partial charge in [-0.1, -0.05) is 0 Å². The molecule has 0 fully saturated rings. The Morgan fingerprint density at radius 2 is 0.820 bits per heavy atom. The average Bonchev–Trinajstić information content (AvgIpc) is 3.16. The first-order chi connectivity index (χ1) is 28.6. The second-order valence-corrected chi connectivity index (χ2v) is 14.5. The van der Waals surface area contributed by atoms with Crippen LogP contribution in [0, 0.1) is 0 Å². The van der Waals surface area contributed by atoms with Crippen molar-refractivity contribution in [2.45, 2.75) is 114 Å². The molecule has 0 rings (SSSR count). The van der Waals surface area contributed by atoms with Crippen LogP contribution in [-0.2, 0) is 47.9 Å². The first kappa shape index (κ1) is 54.6. The molecular weight excluding hydrogens is 829 g/mol. The van der Waals surface area contributed by atoms with Gasteiger partial charge in [-0.25, -0.2) is 0 Å². The molecule has 0 radical (unpaired) electrons. The molecule has 0 aliphatic rings. The van der Waals surface area contributed by atoms with Crippen molar-refractivity contribution in [3.63, 3.8) is 0 Å². The summed E-state index contributed by atoms with van der Waals surface area (Å²) in [6.45, 7) is 1.22. The number of hydrogen-bond acceptors (Lipinski definition) is 13. The van der Waals surface area contributed by atoms with Crippen LogP contribution in [0.25, 0.3) is 0 Å². The Kier molecular flexibility index (Phi) is 26.6. The zero-order valence-corrected chi connectivity index (χ0v) is 34.9. The van der Waals surface area contributed by atoms with Crippen molar-refractivity contribution < 1.29 is 58.2 Å². The summed E-state index contributed by atoms with van der Waals surface area (Å²) in [7, 11) is 0. The molecule has 0 aliphatic heterocycles. The molecule has 0 saturated heterocycles. The maximum absolute atomic E-state index is 13.8. The molecule has 0 spiro atoms. The number of hydrogen-bond donors (Lipinski definition) is 14. The number of thioether (sulfide) groups is 1. The lowest BCUT2D eigenvalue weighted by Gasteiger charge is -2.27. The van der Waals surface area contributed by atoms with Gasteiger partial charge >= 0.3 is 11.9 Å². The van der Waals surface area contributed by atoms with Gasteiger partial charge < -0.3 is 76.5 Å². The van der Waals surface area contributed by atoms with E-state index in [-0.39, 0.29) is 75.7 Å². The Morgan fingerprint density at radius 1 is 0.492 bits per heavy atom. The van der Waals surface area contributed by atoms with Gasteiger partial charge in [-0.15, -0.1) is 0 Å². The van der Waals surface area contributed by atoms with Gasteiger partial charge in [-0.05, 0) is 63.4 Å². The van der Waals surface area contributed by atoms with Gasteiger partial charge in [-0.3, -0.25) is 57.9 Å². The van der Waals surface area contributed by atoms with E-state index < -0.39 is 121 Å². The monoisotopic (exact) mass is 888 g/mol. The minimum absolute atomic E-state index is 0.0222. The summed E-state index contributed by atoms with van der Waals surface area (Å²) >= 11 is 1.27. The molecule has 0 saturated carbocycles. The van der Waals surface area contributed by atoms with E-state index in [2.05, 4.69) is 41.9 Å². The van der Waals surface area contributed by atoms with E-state index >= 15 is 0 Å². The molecule has 27 heteroatoms. The number of carboxylic acids is 2. The van der Waals surface area contributed by atoms with Crippen LogP contribution in [0.5, 0.6) is 0 Å². The van der Waals surface area contributed by atoms with Gasteiger partial charge in [0.15, 0.2) is 11.9 Å². The number of rotatable bonds is 32. The fourth-order valence-corrected chi connectivity index (χ4v) is 5.77. The molecule has 26 nitrogen and oxygen atoms in total. The van der Waals surface area contributed by atoms with E-state index in [1.807, 2.05) is 0 Å². The van der Waals surface area contributed by atoms with E-state index in [4.69, 9.17) is 39.5 Å². The number of guanidine groups is 2. The first-order valence-corrected chi connectivity index (χ1v) is 20.4. The molecule has 0 aromatic heterocycles. The minimum atomic E-state index is -1.60. The van der Waals surface area contributed by atoms with Crippen LogP contribution >= 0.6 is 11.8 Å². The lowest BCUT2D eigenvalue weighted by atomic mass is 10.0. The van der Waals surface area contributed by atoms with Gasteiger partial charge in [-0.2, -0.15) is 11.8 Å². The Hall–Kier alpha value is -6.41. The molecule has 0 aromatic rings. The van der Waals surface area contributed by atoms with Crippen molar-refractivity contribution in [3.05, 3.63) is 0 Å². The van der Waals surface area contributed by atoms with E-state index in [9.17, 15) is 53.1 Å². The maximum Gasteiger partial charge on any atom is 0.303 e. The van der Waals surface area contributed by atoms with Crippen molar-refractivity contribution in [3.8, 4) is 0 Å². The maximum atomic E-state index is 13.8. The van der Waals surface area contributed by atoms with Gasteiger partial charge in [0, 0.05) is 39.3 Å². The third kappa shape index (κ3) is 25.6. The lowest BCUT2D eigenvalue weighted by molar-refractivity contribution is -0.140. The Balaban J connectivity index is 6.52. The van der Waals surface area contributed by atoms with Crippen LogP contribution in [0.15, 0.2) is 9.98 Å². The number of aliphatic carboxylic acids is 2. The summed E-state index contributed by atoms with van der Waals surface area (Å²) in [5.41, 5.74) is 32.3. The van der Waals surface area contributed by atoms with Gasteiger partial charge in [0.25, 0.3) is 0 Å². The highest BCUT2D eigenvalue weighted by atomic mass is 32.2. The SMILES string of the molecule is CSCCC(NC(=O)C(CCC(=O)O)NC(=O)C(CCC(=O)O)NC(C)=O)C(=O)NC(CCC(N)=O)C(=O)NC(CCCN=C(N)N)C(=O)NC(CCCN=C(N)N)C(N)=O. The molecular formula is C34H60N14O12S. The molecule has 20 N–H and O–H groups in total. The van der Waals surface area contributed by atoms with Crippen LogP contribution < -0.4 is 66.3 Å². The quantitative estimate of drug-likeness (QED) is 0.0170. The number of carbonyl (C=O) groups excluding carboxylic acids is 8. The van der Waals surface area contributed by atoms with Gasteiger partial charge in [0.1, 0.15) is 36.3 Å². The number of nitrogens with zero attached hydrogens (tertiary/aromatic N) is 2. The van der Waals surface area contributed by atoms with E-state index in [0.29, 0.717) is 0 Å². The standard InChI is InChI=1S/C34H60N14O12S/c1-17(49)43-20(8-11-25(51)52)29(57)47-22(9-12-26(53)54)31(59)48-23(13-16-61-2)32(60)46-21(7-10-24(35)50)30(58)45-19(6-4-15-42-34(39)40)28(56)44-18(27(36)55)5-3-14-41-33(37)38/h18-23H,3-16H2,1-2H3,(H2,35,50)(H2,36,55)(H,43,49)(H,44,56)(H,45,58)(H,46,60)(H,47,57)(H,48,59)(H,51,52)(H,53,54)(H4,37,38,41)(H4,39,40,42). The molecule has 0 aliphatic carbocycles. The number of nitrogens with one attached hydrogen (secondary N) is 6. The van der Waals surface area contributed by atoms with Crippen LogP contribution in [0.3, 0.4) is 0 Å². The van der Waals surface area contributed by atoms with Gasteiger partial charge in [0.05, 0.1) is 0 Å². The highest BCUT2D eigenvalue weighted by Crippen LogP contribution is 2.09. The van der Waals surface area contributed by atoms with Crippen LogP contribution in [0.4, 0.5) is 0 Å². The lowest BCUT2D eigenvalue weighted by Crippen LogP contribution is -2.59. The summed E-state index contributed by atoms with van der Waals surface area (Å²) < 4.78 is 0. The van der Waals surface area contributed by atoms with Crippen LogP contribution in [0.2, 0.25) is 0 Å². The molecule has 61 heavy (non-hydrogen) atoms. The number of aliphatic imine (C=N–C) groups is 2. The van der Waals surface area contributed by atoms with Crippen molar-refractivity contribution >= 4 is 82.9 Å². The Labute approximate surface area is 355 Å². The smallest absolute Gasteiger partial charge is 0.303 e. The Bertz CT molecular complexity index is 1610. The average molecular weight is 889 g/mol. The summed E-state index contributed by atoms with van der Waals surface area (Å²) in [5.74, 6) is -10.1. The first-order valence-electron chi connectivity index (χ1n) is 19.0. The normalized spacial score (nSPS) is 13.5. The third-order valence-electron chi connectivity index (χ3n) is 8.36. The predicted octanol–water partition coefficient (Wildman–Crippen LogP) is -5.74. The third-order valence-corrected chi connectivity index (χ3v) is 9.00. The zero-order valence-electron chi connectivity index (χ0n) is 34.1. The van der Waals surface area contributed by atoms with Crippen molar-refractivity contribution in [2.75, 3.05) is 25.1 Å². The molecule has 8 amide bonds. The summed E-state index contributed by atoms with van der Waals surface area (Å²) in [6, 6.07) is -8.59. The van der Waals surface area contributed by atoms with Crippen molar-refractivity contribution in [1.82, 2.24) is 31.9 Å². The van der Waals surface area contributed by atoms with Crippen molar-refractivity contribution in [2.24, 2.45) is 44.4 Å². The molecule has 0 bridgehead atoms. The minimum Gasteiger partial charge on any atom is -0.481 e. The number of carbonyl (C=O) groups is 10. The second-order valence-electron chi connectivity index (χ2n) is 13.5. The Morgan fingerprint density at radius 3 is 1.15 bits per heavy atom. The van der Waals surface area contributed by atoms with E-state index in [1.165, 1.54) is 11.8 Å². The van der Waals surface area contributed by atoms with Crippen LogP contribution in [-0.4, -0.2) is 143 Å². The zero-order chi connectivity index (χ0) is 46.7. The van der Waals surface area contributed by atoms with Gasteiger partial charge in [0.2, 0.25) is 47.3 Å². The summed E-state index contributed by atoms with van der Waals surface area (Å²) in [6.07, 6.45) is -0.914. The second kappa shape index (κ2) is 29.7. The largest absolute Gasteiger partial charge is 0.481 e. The number of carboxylic acid groups (broad SMARTS) is 2. The number of amides is 8. The number of nitrogens with two attached hydrogens (primary N) is 6. The highest BCUT2D eigenvalue weighted by molar-refractivity contribution is 7.98.